The van der Waals surface area contributed by atoms with Crippen molar-refractivity contribution in [3.8, 4) is 0 Å². The first kappa shape index (κ1) is 13.0. The van der Waals surface area contributed by atoms with Gasteiger partial charge in [-0.05, 0) is 25.0 Å². The molecule has 0 saturated carbocycles. The summed E-state index contributed by atoms with van der Waals surface area (Å²) in [7, 11) is 0. The Balaban J connectivity index is 2.07. The molecule has 0 spiro atoms. The number of aliphatic hydroxyl groups is 1. The van der Waals surface area contributed by atoms with E-state index in [0.717, 1.165) is 12.6 Å². The standard InChI is InChI=1S/C13H17FN2O2/c1-2-9-8-16(6-5-12(9)17)13(18)11-4-3-10(14)7-15-11/h3-4,7,9,12,17H,2,5-6,8H2,1H3. The van der Waals surface area contributed by atoms with Gasteiger partial charge < -0.3 is 10.0 Å². The summed E-state index contributed by atoms with van der Waals surface area (Å²) in [6, 6.07) is 2.62. The van der Waals surface area contributed by atoms with Gasteiger partial charge in [0.15, 0.2) is 0 Å². The first-order valence-corrected chi connectivity index (χ1v) is 6.20. The van der Waals surface area contributed by atoms with Gasteiger partial charge in [0.1, 0.15) is 11.5 Å². The lowest BCUT2D eigenvalue weighted by molar-refractivity contribution is 0.0226. The van der Waals surface area contributed by atoms with Crippen molar-refractivity contribution in [2.24, 2.45) is 5.92 Å². The quantitative estimate of drug-likeness (QED) is 0.866. The average molecular weight is 252 g/mol. The van der Waals surface area contributed by atoms with Crippen molar-refractivity contribution in [2.75, 3.05) is 13.1 Å². The number of rotatable bonds is 2. The number of nitrogens with zero attached hydrogens (tertiary/aromatic N) is 2. The number of likely N-dealkylation sites (tertiary alicyclic amines) is 1. The van der Waals surface area contributed by atoms with Crippen molar-refractivity contribution >= 4 is 5.91 Å². The second-order valence-electron chi connectivity index (χ2n) is 4.64. The van der Waals surface area contributed by atoms with Crippen LogP contribution in [0.4, 0.5) is 4.39 Å². The molecule has 1 saturated heterocycles. The molecule has 0 bridgehead atoms. The lowest BCUT2D eigenvalue weighted by atomic mass is 9.92. The van der Waals surface area contributed by atoms with E-state index < -0.39 is 5.82 Å². The number of piperidine rings is 1. The third-order valence-corrected chi connectivity index (χ3v) is 3.45. The minimum absolute atomic E-state index is 0.114. The van der Waals surface area contributed by atoms with E-state index in [-0.39, 0.29) is 23.6 Å². The minimum Gasteiger partial charge on any atom is -0.393 e. The third-order valence-electron chi connectivity index (χ3n) is 3.45. The van der Waals surface area contributed by atoms with Crippen LogP contribution >= 0.6 is 0 Å². The third kappa shape index (κ3) is 2.67. The Kier molecular flexibility index (Phi) is 3.91. The van der Waals surface area contributed by atoms with E-state index in [1.807, 2.05) is 6.92 Å². The Morgan fingerprint density at radius 1 is 1.61 bits per heavy atom. The largest absolute Gasteiger partial charge is 0.393 e. The highest BCUT2D eigenvalue weighted by Gasteiger charge is 2.29. The van der Waals surface area contributed by atoms with Crippen LogP contribution in [0, 0.1) is 11.7 Å². The molecule has 0 aromatic carbocycles. The predicted octanol–water partition coefficient (Wildman–Crippen LogP) is 1.45. The van der Waals surface area contributed by atoms with Gasteiger partial charge in [0.25, 0.3) is 5.91 Å². The van der Waals surface area contributed by atoms with E-state index in [2.05, 4.69) is 4.98 Å². The predicted molar refractivity (Wildman–Crippen MR) is 64.5 cm³/mol. The van der Waals surface area contributed by atoms with Crippen molar-refractivity contribution < 1.29 is 14.3 Å². The normalized spacial score (nSPS) is 24.1. The first-order chi connectivity index (χ1) is 8.61. The molecular weight excluding hydrogens is 235 g/mol. The van der Waals surface area contributed by atoms with Gasteiger partial charge in [0.05, 0.1) is 12.3 Å². The van der Waals surface area contributed by atoms with E-state index in [4.69, 9.17) is 0 Å². The Morgan fingerprint density at radius 3 is 3.00 bits per heavy atom. The van der Waals surface area contributed by atoms with Gasteiger partial charge in [-0.3, -0.25) is 4.79 Å². The van der Waals surface area contributed by atoms with Gasteiger partial charge in [-0.2, -0.15) is 0 Å². The number of hydrogen-bond acceptors (Lipinski definition) is 3. The summed E-state index contributed by atoms with van der Waals surface area (Å²) in [4.78, 5) is 17.6. The smallest absolute Gasteiger partial charge is 0.272 e. The number of hydrogen-bond donors (Lipinski definition) is 1. The second kappa shape index (κ2) is 5.44. The molecule has 1 amide bonds. The highest BCUT2D eigenvalue weighted by atomic mass is 19.1. The van der Waals surface area contributed by atoms with Crippen LogP contribution in [0.25, 0.3) is 0 Å². The lowest BCUT2D eigenvalue weighted by Gasteiger charge is -2.35. The fourth-order valence-corrected chi connectivity index (χ4v) is 2.27. The highest BCUT2D eigenvalue weighted by Crippen LogP contribution is 2.21. The highest BCUT2D eigenvalue weighted by molar-refractivity contribution is 5.92. The number of carbonyl (C=O) groups is 1. The van der Waals surface area contributed by atoms with Crippen LogP contribution < -0.4 is 0 Å². The van der Waals surface area contributed by atoms with Crippen LogP contribution in [0.5, 0.6) is 0 Å². The van der Waals surface area contributed by atoms with Crippen LogP contribution in [0.2, 0.25) is 0 Å². The van der Waals surface area contributed by atoms with Gasteiger partial charge in [0, 0.05) is 19.0 Å². The van der Waals surface area contributed by atoms with E-state index >= 15 is 0 Å². The van der Waals surface area contributed by atoms with Crippen molar-refractivity contribution in [3.63, 3.8) is 0 Å². The molecule has 1 aromatic heterocycles. The lowest BCUT2D eigenvalue weighted by Crippen LogP contribution is -2.46. The number of halogens is 1. The van der Waals surface area contributed by atoms with Crippen molar-refractivity contribution in [3.05, 3.63) is 29.8 Å². The van der Waals surface area contributed by atoms with E-state index in [1.165, 1.54) is 12.1 Å². The molecule has 1 fully saturated rings. The molecule has 2 rings (SSSR count). The zero-order valence-corrected chi connectivity index (χ0v) is 10.3. The molecule has 1 aliphatic heterocycles. The number of carbonyl (C=O) groups excluding carboxylic acids is 1. The summed E-state index contributed by atoms with van der Waals surface area (Å²) in [6.07, 6.45) is 2.14. The molecule has 1 aromatic rings. The molecule has 1 aliphatic rings. The monoisotopic (exact) mass is 252 g/mol. The van der Waals surface area contributed by atoms with Crippen molar-refractivity contribution in [2.45, 2.75) is 25.9 Å². The van der Waals surface area contributed by atoms with Gasteiger partial charge in [-0.15, -0.1) is 0 Å². The summed E-state index contributed by atoms with van der Waals surface area (Å²) in [5.41, 5.74) is 0.252. The number of aliphatic hydroxyl groups excluding tert-OH is 1. The van der Waals surface area contributed by atoms with Crippen LogP contribution in [0.15, 0.2) is 18.3 Å². The average Bonchev–Trinajstić information content (AvgIpc) is 2.39. The molecule has 2 atom stereocenters. The summed E-state index contributed by atoms with van der Waals surface area (Å²) < 4.78 is 12.7. The number of pyridine rings is 1. The van der Waals surface area contributed by atoms with E-state index in [0.29, 0.717) is 19.5 Å². The molecule has 2 heterocycles. The number of aromatic nitrogens is 1. The summed E-state index contributed by atoms with van der Waals surface area (Å²) in [5.74, 6) is -0.532. The Labute approximate surface area is 105 Å². The zero-order valence-electron chi connectivity index (χ0n) is 10.3. The Hall–Kier alpha value is -1.49. The van der Waals surface area contributed by atoms with Gasteiger partial charge in [0.2, 0.25) is 0 Å². The summed E-state index contributed by atoms with van der Waals surface area (Å²) >= 11 is 0. The van der Waals surface area contributed by atoms with Crippen LogP contribution in [-0.4, -0.2) is 40.1 Å². The Morgan fingerprint density at radius 2 is 2.39 bits per heavy atom. The zero-order chi connectivity index (χ0) is 13.1. The minimum atomic E-state index is -0.452. The fraction of sp³-hybridized carbons (Fsp3) is 0.538. The molecule has 18 heavy (non-hydrogen) atoms. The maximum absolute atomic E-state index is 12.7. The summed E-state index contributed by atoms with van der Waals surface area (Å²) in [6.45, 7) is 3.06. The molecular formula is C13H17FN2O2. The Bertz CT molecular complexity index is 422. The fourth-order valence-electron chi connectivity index (χ4n) is 2.27. The molecule has 1 N–H and O–H groups in total. The van der Waals surface area contributed by atoms with E-state index in [9.17, 15) is 14.3 Å². The van der Waals surface area contributed by atoms with Crippen molar-refractivity contribution in [1.82, 2.24) is 9.88 Å². The van der Waals surface area contributed by atoms with Crippen molar-refractivity contribution in [1.29, 1.82) is 0 Å². The SMILES string of the molecule is CCC1CN(C(=O)c2ccc(F)cn2)CCC1O. The van der Waals surface area contributed by atoms with Gasteiger partial charge in [-0.1, -0.05) is 6.92 Å². The maximum Gasteiger partial charge on any atom is 0.272 e. The van der Waals surface area contributed by atoms with Gasteiger partial charge >= 0.3 is 0 Å². The molecule has 0 radical (unpaired) electrons. The summed E-state index contributed by atoms with van der Waals surface area (Å²) in [5, 5.41) is 9.77. The van der Waals surface area contributed by atoms with E-state index in [1.54, 1.807) is 4.90 Å². The van der Waals surface area contributed by atoms with Gasteiger partial charge in [-0.25, -0.2) is 9.37 Å². The van der Waals surface area contributed by atoms with Crippen LogP contribution in [0.3, 0.4) is 0 Å². The molecule has 0 aliphatic carbocycles. The molecule has 2 unspecified atom stereocenters. The molecule has 4 nitrogen and oxygen atoms in total. The second-order valence-corrected chi connectivity index (χ2v) is 4.64. The van der Waals surface area contributed by atoms with Crippen LogP contribution in [0.1, 0.15) is 30.3 Å². The number of amides is 1. The molecule has 5 heteroatoms. The molecule has 98 valence electrons. The topological polar surface area (TPSA) is 53.4 Å². The van der Waals surface area contributed by atoms with Crippen LogP contribution in [-0.2, 0) is 0 Å². The first-order valence-electron chi connectivity index (χ1n) is 6.20. The maximum atomic E-state index is 12.7.